The van der Waals surface area contributed by atoms with Gasteiger partial charge < -0.3 is 15.4 Å². The minimum Gasteiger partial charge on any atom is -0.494 e. The molecule has 0 aliphatic carbocycles. The van der Waals surface area contributed by atoms with Crippen LogP contribution in [0, 0.1) is 0 Å². The Bertz CT molecular complexity index is 1550. The van der Waals surface area contributed by atoms with E-state index >= 15 is 0 Å². The molecule has 0 spiro atoms. The molecular formula is C34H42N4O3. The van der Waals surface area contributed by atoms with Gasteiger partial charge in [-0.15, -0.1) is 0 Å². The van der Waals surface area contributed by atoms with Crippen molar-refractivity contribution < 1.29 is 9.53 Å². The number of hydrogen-bond acceptors (Lipinski definition) is 4. The van der Waals surface area contributed by atoms with Crippen LogP contribution in [-0.4, -0.2) is 22.2 Å². The fourth-order valence-corrected chi connectivity index (χ4v) is 5.13. The summed E-state index contributed by atoms with van der Waals surface area (Å²) in [7, 11) is 0. The number of amides is 2. The molecule has 0 radical (unpaired) electrons. The highest BCUT2D eigenvalue weighted by Gasteiger charge is 2.22. The van der Waals surface area contributed by atoms with Gasteiger partial charge in [0.2, 0.25) is 0 Å². The zero-order valence-electron chi connectivity index (χ0n) is 25.1. The predicted molar refractivity (Wildman–Crippen MR) is 169 cm³/mol. The summed E-state index contributed by atoms with van der Waals surface area (Å²) in [6.45, 7) is 13.7. The topological polar surface area (TPSA) is 85.2 Å². The molecule has 216 valence electrons. The number of fused-ring (bicyclic) bond motifs is 1. The maximum absolute atomic E-state index is 14.1. The average molecular weight is 555 g/mol. The first kappa shape index (κ1) is 29.8. The number of anilines is 2. The van der Waals surface area contributed by atoms with E-state index in [0.29, 0.717) is 30.1 Å². The summed E-state index contributed by atoms with van der Waals surface area (Å²) < 4.78 is 7.59. The van der Waals surface area contributed by atoms with E-state index in [0.717, 1.165) is 47.0 Å². The Morgan fingerprint density at radius 1 is 0.902 bits per heavy atom. The van der Waals surface area contributed by atoms with Crippen LogP contribution in [0.5, 0.6) is 5.75 Å². The van der Waals surface area contributed by atoms with E-state index in [2.05, 4.69) is 57.2 Å². The smallest absolute Gasteiger partial charge is 0.323 e. The first-order chi connectivity index (χ1) is 19.8. The van der Waals surface area contributed by atoms with Gasteiger partial charge in [-0.1, -0.05) is 78.3 Å². The van der Waals surface area contributed by atoms with E-state index in [1.54, 1.807) is 10.8 Å². The van der Waals surface area contributed by atoms with Crippen LogP contribution in [0.1, 0.15) is 83.8 Å². The van der Waals surface area contributed by atoms with Crippen LogP contribution < -0.4 is 20.9 Å². The van der Waals surface area contributed by atoms with Crippen molar-refractivity contribution >= 4 is 28.4 Å². The number of unbranched alkanes of at least 4 members (excludes halogenated alkanes) is 1. The van der Waals surface area contributed by atoms with Crippen LogP contribution in [-0.2, 0) is 6.54 Å². The first-order valence-electron chi connectivity index (χ1n) is 14.7. The SMILES string of the molecule is CCCCn1c(=O)c(NC(=O)Nc2c(C(C)C)cccc2C(C)C)c(-c2cccc(OCCC)c2)c2cccnc21. The molecule has 2 aromatic heterocycles. The number of benzene rings is 2. The second-order valence-corrected chi connectivity index (χ2v) is 11.0. The minimum absolute atomic E-state index is 0.212. The minimum atomic E-state index is -0.456. The summed E-state index contributed by atoms with van der Waals surface area (Å²) in [6.07, 6.45) is 4.32. The van der Waals surface area contributed by atoms with Gasteiger partial charge >= 0.3 is 6.03 Å². The quantitative estimate of drug-likeness (QED) is 0.194. The number of rotatable bonds is 11. The maximum Gasteiger partial charge on any atom is 0.323 e. The second-order valence-electron chi connectivity index (χ2n) is 11.0. The fraction of sp³-hybridized carbons (Fsp3) is 0.382. The fourth-order valence-electron chi connectivity index (χ4n) is 5.13. The van der Waals surface area contributed by atoms with Crippen LogP contribution in [0.4, 0.5) is 16.2 Å². The zero-order chi connectivity index (χ0) is 29.5. The summed E-state index contributed by atoms with van der Waals surface area (Å²) in [5.74, 6) is 1.13. The number of carbonyl (C=O) groups excluding carboxylic acids is 1. The molecule has 41 heavy (non-hydrogen) atoms. The van der Waals surface area contributed by atoms with Crippen LogP contribution in [0.3, 0.4) is 0 Å². The Balaban J connectivity index is 1.88. The number of aromatic nitrogens is 2. The number of aryl methyl sites for hydroxylation is 1. The van der Waals surface area contributed by atoms with Crippen LogP contribution in [0.25, 0.3) is 22.2 Å². The predicted octanol–water partition coefficient (Wildman–Crippen LogP) is 8.54. The summed E-state index contributed by atoms with van der Waals surface area (Å²) in [4.78, 5) is 32.5. The Labute approximate surface area is 243 Å². The Kier molecular flexibility index (Phi) is 9.82. The van der Waals surface area contributed by atoms with Crippen LogP contribution in [0.15, 0.2) is 65.6 Å². The van der Waals surface area contributed by atoms with Crippen molar-refractivity contribution in [3.8, 4) is 16.9 Å². The third kappa shape index (κ3) is 6.62. The van der Waals surface area contributed by atoms with E-state index in [9.17, 15) is 9.59 Å². The van der Waals surface area contributed by atoms with Gasteiger partial charge in [0.25, 0.3) is 5.56 Å². The van der Waals surface area contributed by atoms with Crippen molar-refractivity contribution in [2.75, 3.05) is 17.2 Å². The van der Waals surface area contributed by atoms with Gasteiger partial charge in [-0.2, -0.15) is 0 Å². The lowest BCUT2D eigenvalue weighted by Gasteiger charge is -2.22. The van der Waals surface area contributed by atoms with Crippen LogP contribution >= 0.6 is 0 Å². The number of ether oxygens (including phenoxy) is 1. The summed E-state index contributed by atoms with van der Waals surface area (Å²) in [6, 6.07) is 17.1. The molecule has 4 rings (SSSR count). The highest BCUT2D eigenvalue weighted by Crippen LogP contribution is 2.36. The molecule has 0 bridgehead atoms. The number of carbonyl (C=O) groups is 1. The number of nitrogens with one attached hydrogen (secondary N) is 2. The molecule has 0 aliphatic heterocycles. The van der Waals surface area contributed by atoms with Gasteiger partial charge in [-0.25, -0.2) is 9.78 Å². The van der Waals surface area contributed by atoms with Gasteiger partial charge in [0.05, 0.1) is 6.61 Å². The molecule has 7 heteroatoms. The molecular weight excluding hydrogens is 512 g/mol. The van der Waals surface area contributed by atoms with Gasteiger partial charge in [-0.3, -0.25) is 9.36 Å². The van der Waals surface area contributed by atoms with Gasteiger partial charge in [0.1, 0.15) is 17.1 Å². The number of hydrogen-bond donors (Lipinski definition) is 2. The van der Waals surface area contributed by atoms with Crippen LogP contribution in [0.2, 0.25) is 0 Å². The number of pyridine rings is 2. The van der Waals surface area contributed by atoms with E-state index in [1.807, 2.05) is 54.6 Å². The lowest BCUT2D eigenvalue weighted by Crippen LogP contribution is -2.30. The van der Waals surface area contributed by atoms with Gasteiger partial charge in [0.15, 0.2) is 0 Å². The number of urea groups is 1. The van der Waals surface area contributed by atoms with E-state index in [1.165, 1.54) is 0 Å². The highest BCUT2D eigenvalue weighted by molar-refractivity contribution is 6.07. The Morgan fingerprint density at radius 2 is 1.59 bits per heavy atom. The van der Waals surface area contributed by atoms with Gasteiger partial charge in [-0.05, 0) is 65.6 Å². The standard InChI is InChI=1S/C34H42N4O3/c1-7-9-19-38-32-28(17-12-18-35-32)29(24-13-10-14-25(21-24)41-20-8-2)31(33(38)39)37-34(40)36-30-26(22(3)4)15-11-16-27(30)23(5)6/h10-18,21-23H,7-9,19-20H2,1-6H3,(H2,36,37,40). The maximum atomic E-state index is 14.1. The molecule has 0 saturated heterocycles. The Hall–Kier alpha value is -4.13. The molecule has 2 amide bonds. The number of nitrogens with zero attached hydrogens (tertiary/aromatic N) is 2. The molecule has 0 atom stereocenters. The normalized spacial score (nSPS) is 11.3. The molecule has 2 N–H and O–H groups in total. The monoisotopic (exact) mass is 554 g/mol. The van der Waals surface area contributed by atoms with Crippen molar-refractivity contribution in [3.05, 3.63) is 82.3 Å². The van der Waals surface area contributed by atoms with Crippen molar-refractivity contribution in [1.82, 2.24) is 9.55 Å². The average Bonchev–Trinajstić information content (AvgIpc) is 2.96. The second kappa shape index (κ2) is 13.5. The van der Waals surface area contributed by atoms with E-state index < -0.39 is 6.03 Å². The first-order valence-corrected chi connectivity index (χ1v) is 14.7. The third-order valence-corrected chi connectivity index (χ3v) is 7.20. The van der Waals surface area contributed by atoms with Crippen molar-refractivity contribution in [3.63, 3.8) is 0 Å². The molecule has 2 aromatic carbocycles. The van der Waals surface area contributed by atoms with Crippen molar-refractivity contribution in [1.29, 1.82) is 0 Å². The Morgan fingerprint density at radius 3 is 2.24 bits per heavy atom. The summed E-state index contributed by atoms with van der Waals surface area (Å²) in [5, 5.41) is 6.87. The lowest BCUT2D eigenvalue weighted by molar-refractivity contribution is 0.262. The number of para-hydroxylation sites is 1. The van der Waals surface area contributed by atoms with Gasteiger partial charge in [0, 0.05) is 29.4 Å². The van der Waals surface area contributed by atoms with Crippen molar-refractivity contribution in [2.45, 2.75) is 79.2 Å². The van der Waals surface area contributed by atoms with E-state index in [-0.39, 0.29) is 23.1 Å². The molecule has 0 fully saturated rings. The molecule has 0 saturated carbocycles. The van der Waals surface area contributed by atoms with Crippen molar-refractivity contribution in [2.24, 2.45) is 0 Å². The zero-order valence-corrected chi connectivity index (χ0v) is 25.1. The molecule has 2 heterocycles. The van der Waals surface area contributed by atoms with E-state index in [4.69, 9.17) is 4.74 Å². The molecule has 0 unspecified atom stereocenters. The molecule has 0 aliphatic rings. The third-order valence-electron chi connectivity index (χ3n) is 7.20. The molecule has 4 aromatic rings. The largest absolute Gasteiger partial charge is 0.494 e. The molecule has 7 nitrogen and oxygen atoms in total. The lowest BCUT2D eigenvalue weighted by atomic mass is 9.93. The summed E-state index contributed by atoms with van der Waals surface area (Å²) >= 11 is 0. The summed E-state index contributed by atoms with van der Waals surface area (Å²) in [5.41, 5.74) is 4.84. The highest BCUT2D eigenvalue weighted by atomic mass is 16.5.